The molecule has 5 heteroatoms. The third kappa shape index (κ3) is 7.99. The molecule has 2 amide bonds. The first-order valence-electron chi connectivity index (χ1n) is 12.4. The molecule has 0 aliphatic rings. The molecule has 3 aromatic rings. The summed E-state index contributed by atoms with van der Waals surface area (Å²) >= 11 is 0. The topological polar surface area (TPSA) is 58.6 Å². The van der Waals surface area contributed by atoms with Crippen molar-refractivity contribution in [2.24, 2.45) is 0 Å². The Hall–Kier alpha value is -3.60. The number of hydrogen-bond donors (Lipinski definition) is 1. The fourth-order valence-electron chi connectivity index (χ4n) is 4.08. The lowest BCUT2D eigenvalue weighted by Gasteiger charge is -2.32. The number of ether oxygens (including phenoxy) is 1. The van der Waals surface area contributed by atoms with Crippen LogP contribution >= 0.6 is 0 Å². The summed E-state index contributed by atoms with van der Waals surface area (Å²) in [5.41, 5.74) is 2.85. The van der Waals surface area contributed by atoms with Gasteiger partial charge in [-0.3, -0.25) is 9.59 Å². The quantitative estimate of drug-likeness (QED) is 0.325. The molecular weight excluding hydrogens is 436 g/mol. The normalized spacial score (nSPS) is 11.5. The molecule has 0 saturated heterocycles. The number of nitrogens with one attached hydrogen (secondary N) is 1. The minimum absolute atomic E-state index is 0.0535. The number of amides is 2. The van der Waals surface area contributed by atoms with Crippen LogP contribution in [-0.2, 0) is 22.6 Å². The van der Waals surface area contributed by atoms with E-state index >= 15 is 0 Å². The zero-order valence-corrected chi connectivity index (χ0v) is 20.8. The molecule has 1 N–H and O–H groups in total. The molecule has 3 rings (SSSR count). The van der Waals surface area contributed by atoms with E-state index in [1.165, 1.54) is 0 Å². The van der Waals surface area contributed by atoms with E-state index in [1.807, 2.05) is 84.9 Å². The van der Waals surface area contributed by atoms with Crippen molar-refractivity contribution in [2.45, 2.75) is 51.6 Å². The second-order valence-corrected chi connectivity index (χ2v) is 8.67. The molecule has 0 aliphatic heterocycles. The number of carbonyl (C=O) groups is 2. The average molecular weight is 473 g/mol. The lowest BCUT2D eigenvalue weighted by atomic mass is 10.0. The van der Waals surface area contributed by atoms with Crippen LogP contribution in [0, 0.1) is 0 Å². The van der Waals surface area contributed by atoms with Gasteiger partial charge in [0.05, 0.1) is 7.11 Å². The molecule has 1 atom stereocenters. The van der Waals surface area contributed by atoms with Crippen LogP contribution in [0.4, 0.5) is 0 Å². The first kappa shape index (κ1) is 26.0. The van der Waals surface area contributed by atoms with Crippen LogP contribution in [0.1, 0.15) is 55.3 Å². The maximum Gasteiger partial charge on any atom is 0.247 e. The van der Waals surface area contributed by atoms with Gasteiger partial charge in [0, 0.05) is 19.5 Å². The van der Waals surface area contributed by atoms with Crippen LogP contribution in [-0.4, -0.2) is 30.4 Å². The number of rotatable bonds is 13. The summed E-state index contributed by atoms with van der Waals surface area (Å²) in [6, 6.07) is 26.5. The Kier molecular flexibility index (Phi) is 10.4. The molecule has 3 aromatic carbocycles. The zero-order valence-electron chi connectivity index (χ0n) is 20.8. The standard InChI is InChI=1S/C30H36N2O3/c1-3-4-11-22-31-30(34)29(26-14-9-6-10-15-26)32(23-25-16-19-27(35-2)20-17-25)28(33)21-18-24-12-7-5-8-13-24/h5-10,12-17,19-20,29H,3-4,11,18,21-23H2,1-2H3,(H,31,34). The van der Waals surface area contributed by atoms with E-state index < -0.39 is 6.04 Å². The van der Waals surface area contributed by atoms with Crippen LogP contribution in [0.5, 0.6) is 5.75 Å². The Morgan fingerprint density at radius 3 is 2.14 bits per heavy atom. The molecule has 0 aliphatic carbocycles. The largest absolute Gasteiger partial charge is 0.497 e. The number of nitrogens with zero attached hydrogens (tertiary/aromatic N) is 1. The minimum Gasteiger partial charge on any atom is -0.497 e. The van der Waals surface area contributed by atoms with Gasteiger partial charge in [-0.05, 0) is 41.7 Å². The van der Waals surface area contributed by atoms with Gasteiger partial charge in [-0.25, -0.2) is 0 Å². The molecule has 5 nitrogen and oxygen atoms in total. The van der Waals surface area contributed by atoms with Gasteiger partial charge in [0.25, 0.3) is 0 Å². The molecule has 0 radical (unpaired) electrons. The van der Waals surface area contributed by atoms with Crippen LogP contribution in [0.15, 0.2) is 84.9 Å². The van der Waals surface area contributed by atoms with Crippen LogP contribution in [0.3, 0.4) is 0 Å². The smallest absolute Gasteiger partial charge is 0.247 e. The number of methoxy groups -OCH3 is 1. The third-order valence-corrected chi connectivity index (χ3v) is 6.06. The average Bonchev–Trinajstić information content (AvgIpc) is 2.91. The van der Waals surface area contributed by atoms with E-state index in [0.717, 1.165) is 41.7 Å². The van der Waals surface area contributed by atoms with E-state index in [4.69, 9.17) is 4.74 Å². The molecule has 184 valence electrons. The second kappa shape index (κ2) is 14.0. The molecule has 0 aromatic heterocycles. The van der Waals surface area contributed by atoms with Gasteiger partial charge in [0.2, 0.25) is 11.8 Å². The molecule has 35 heavy (non-hydrogen) atoms. The maximum atomic E-state index is 13.7. The summed E-state index contributed by atoms with van der Waals surface area (Å²) in [5, 5.41) is 3.08. The van der Waals surface area contributed by atoms with Crippen molar-refractivity contribution in [1.82, 2.24) is 10.2 Å². The fraction of sp³-hybridized carbons (Fsp3) is 0.333. The first-order valence-corrected chi connectivity index (χ1v) is 12.4. The maximum absolute atomic E-state index is 13.7. The van der Waals surface area contributed by atoms with E-state index in [1.54, 1.807) is 12.0 Å². The lowest BCUT2D eigenvalue weighted by Crippen LogP contribution is -2.43. The molecule has 0 saturated carbocycles. The van der Waals surface area contributed by atoms with Gasteiger partial charge >= 0.3 is 0 Å². The number of carbonyl (C=O) groups excluding carboxylic acids is 2. The van der Waals surface area contributed by atoms with Crippen molar-refractivity contribution >= 4 is 11.8 Å². The molecule has 0 bridgehead atoms. The predicted octanol–water partition coefficient (Wildman–Crippen LogP) is 5.70. The van der Waals surface area contributed by atoms with Gasteiger partial charge in [-0.1, -0.05) is 92.6 Å². The van der Waals surface area contributed by atoms with Crippen molar-refractivity contribution in [1.29, 1.82) is 0 Å². The lowest BCUT2D eigenvalue weighted by molar-refractivity contribution is -0.141. The number of aryl methyl sites for hydroxylation is 1. The van der Waals surface area contributed by atoms with Gasteiger partial charge in [-0.15, -0.1) is 0 Å². The predicted molar refractivity (Wildman–Crippen MR) is 140 cm³/mol. The van der Waals surface area contributed by atoms with Crippen LogP contribution in [0.25, 0.3) is 0 Å². The van der Waals surface area contributed by atoms with Gasteiger partial charge in [0.15, 0.2) is 0 Å². The van der Waals surface area contributed by atoms with Gasteiger partial charge < -0.3 is 15.0 Å². The van der Waals surface area contributed by atoms with Gasteiger partial charge in [-0.2, -0.15) is 0 Å². The summed E-state index contributed by atoms with van der Waals surface area (Å²) in [5.74, 6) is 0.556. The molecular formula is C30H36N2O3. The summed E-state index contributed by atoms with van der Waals surface area (Å²) in [6.07, 6.45) is 4.01. The van der Waals surface area contributed by atoms with Crippen LogP contribution in [0.2, 0.25) is 0 Å². The Labute approximate surface area is 209 Å². The van der Waals surface area contributed by atoms with Gasteiger partial charge in [0.1, 0.15) is 11.8 Å². The van der Waals surface area contributed by atoms with E-state index in [0.29, 0.717) is 25.9 Å². The number of unbranched alkanes of at least 4 members (excludes halogenated alkanes) is 2. The summed E-state index contributed by atoms with van der Waals surface area (Å²) in [6.45, 7) is 3.07. The van der Waals surface area contributed by atoms with Crippen molar-refractivity contribution in [2.75, 3.05) is 13.7 Å². The molecule has 0 fully saturated rings. The third-order valence-electron chi connectivity index (χ3n) is 6.06. The Morgan fingerprint density at radius 2 is 1.51 bits per heavy atom. The zero-order chi connectivity index (χ0) is 24.9. The highest BCUT2D eigenvalue weighted by molar-refractivity contribution is 5.88. The van der Waals surface area contributed by atoms with Crippen LogP contribution < -0.4 is 10.1 Å². The second-order valence-electron chi connectivity index (χ2n) is 8.67. The highest BCUT2D eigenvalue weighted by Crippen LogP contribution is 2.26. The SMILES string of the molecule is CCCCCNC(=O)C(c1ccccc1)N(Cc1ccc(OC)cc1)C(=O)CCc1ccccc1. The van der Waals surface area contributed by atoms with E-state index in [-0.39, 0.29) is 11.8 Å². The molecule has 1 unspecified atom stereocenters. The van der Waals surface area contributed by atoms with E-state index in [2.05, 4.69) is 12.2 Å². The number of benzene rings is 3. The Bertz CT molecular complexity index is 1040. The monoisotopic (exact) mass is 472 g/mol. The number of hydrogen-bond acceptors (Lipinski definition) is 3. The Morgan fingerprint density at radius 1 is 0.857 bits per heavy atom. The van der Waals surface area contributed by atoms with Crippen molar-refractivity contribution in [3.05, 3.63) is 102 Å². The highest BCUT2D eigenvalue weighted by Gasteiger charge is 2.31. The Balaban J connectivity index is 1.88. The van der Waals surface area contributed by atoms with E-state index in [9.17, 15) is 9.59 Å². The van der Waals surface area contributed by atoms with Crippen molar-refractivity contribution in [3.63, 3.8) is 0 Å². The molecule has 0 heterocycles. The van der Waals surface area contributed by atoms with Crippen molar-refractivity contribution < 1.29 is 14.3 Å². The minimum atomic E-state index is -0.705. The summed E-state index contributed by atoms with van der Waals surface area (Å²) in [4.78, 5) is 28.9. The first-order chi connectivity index (χ1) is 17.1. The summed E-state index contributed by atoms with van der Waals surface area (Å²) in [7, 11) is 1.63. The highest BCUT2D eigenvalue weighted by atomic mass is 16.5. The summed E-state index contributed by atoms with van der Waals surface area (Å²) < 4.78 is 5.28. The fourth-order valence-corrected chi connectivity index (χ4v) is 4.08. The van der Waals surface area contributed by atoms with Crippen molar-refractivity contribution in [3.8, 4) is 5.75 Å². The molecule has 0 spiro atoms.